The summed E-state index contributed by atoms with van der Waals surface area (Å²) in [6.07, 6.45) is 0.732. The van der Waals surface area contributed by atoms with Crippen molar-refractivity contribution in [1.82, 2.24) is 10.6 Å². The maximum atomic E-state index is 11.5. The summed E-state index contributed by atoms with van der Waals surface area (Å²) < 4.78 is 10.6. The number of piperidine rings is 1. The lowest BCUT2D eigenvalue weighted by atomic mass is 9.81. The highest BCUT2D eigenvalue weighted by atomic mass is 32.2. The highest BCUT2D eigenvalue weighted by Crippen LogP contribution is 2.36. The zero-order valence-electron chi connectivity index (χ0n) is 17.8. The number of carbonyl (C=O) groups is 1. The van der Waals surface area contributed by atoms with Gasteiger partial charge in [0, 0.05) is 30.1 Å². The summed E-state index contributed by atoms with van der Waals surface area (Å²) in [5, 5.41) is 16.0. The standard InChI is InChI=1S/C23H26N4O3S/c1-14-19(26-27-23-25-21(28)13-31-23)12-20(15-4-8-17(29-2)9-5-15)24-22(14)16-6-10-18(30-3)11-7-16/h4-11,14,20,22,24H,12-13H2,1-3H3,(H,25,27,28)/b26-19+. The molecular weight excluding hydrogens is 412 g/mol. The number of amides is 1. The third-order valence-electron chi connectivity index (χ3n) is 5.67. The average molecular weight is 439 g/mol. The van der Waals surface area contributed by atoms with Gasteiger partial charge in [-0.3, -0.25) is 4.79 Å². The molecule has 2 aromatic carbocycles. The molecule has 31 heavy (non-hydrogen) atoms. The SMILES string of the molecule is COc1ccc(C2C/C(=N\N=C3/NC(=O)CS3)C(C)C(c3ccc(OC)cc3)N2)cc1. The Labute approximate surface area is 186 Å². The quantitative estimate of drug-likeness (QED) is 0.696. The molecule has 2 aromatic rings. The van der Waals surface area contributed by atoms with Gasteiger partial charge in [-0.05, 0) is 35.4 Å². The third-order valence-corrected chi connectivity index (χ3v) is 6.53. The number of rotatable bonds is 5. The molecule has 1 amide bonds. The normalized spacial score (nSPS) is 26.2. The molecule has 7 nitrogen and oxygen atoms in total. The number of benzene rings is 2. The second-order valence-electron chi connectivity index (χ2n) is 7.57. The summed E-state index contributed by atoms with van der Waals surface area (Å²) in [5.41, 5.74) is 3.32. The highest BCUT2D eigenvalue weighted by molar-refractivity contribution is 8.15. The lowest BCUT2D eigenvalue weighted by Gasteiger charge is -2.37. The van der Waals surface area contributed by atoms with Gasteiger partial charge in [0.15, 0.2) is 5.17 Å². The fraction of sp³-hybridized carbons (Fsp3) is 0.348. The second kappa shape index (κ2) is 9.53. The van der Waals surface area contributed by atoms with Crippen LogP contribution in [0.3, 0.4) is 0 Å². The predicted molar refractivity (Wildman–Crippen MR) is 124 cm³/mol. The number of thioether (sulfide) groups is 1. The van der Waals surface area contributed by atoms with Gasteiger partial charge < -0.3 is 20.1 Å². The van der Waals surface area contributed by atoms with Gasteiger partial charge in [-0.1, -0.05) is 43.0 Å². The Bertz CT molecular complexity index is 989. The largest absolute Gasteiger partial charge is 0.497 e. The molecule has 0 bridgehead atoms. The van der Waals surface area contributed by atoms with E-state index in [1.54, 1.807) is 14.2 Å². The van der Waals surface area contributed by atoms with Crippen molar-refractivity contribution in [1.29, 1.82) is 0 Å². The number of hydrogen-bond donors (Lipinski definition) is 2. The van der Waals surface area contributed by atoms with E-state index in [1.807, 2.05) is 24.3 Å². The van der Waals surface area contributed by atoms with Crippen LogP contribution in [0, 0.1) is 5.92 Å². The molecule has 0 aromatic heterocycles. The smallest absolute Gasteiger partial charge is 0.236 e. The van der Waals surface area contributed by atoms with Gasteiger partial charge >= 0.3 is 0 Å². The Kier molecular flexibility index (Phi) is 6.58. The first-order valence-electron chi connectivity index (χ1n) is 10.2. The molecule has 3 atom stereocenters. The first kappa shape index (κ1) is 21.4. The first-order chi connectivity index (χ1) is 15.1. The minimum atomic E-state index is -0.0328. The highest BCUT2D eigenvalue weighted by Gasteiger charge is 2.34. The van der Waals surface area contributed by atoms with Crippen LogP contribution in [0.4, 0.5) is 0 Å². The number of carbonyl (C=O) groups excluding carboxylic acids is 1. The molecule has 2 aliphatic rings. The zero-order chi connectivity index (χ0) is 21.8. The summed E-state index contributed by atoms with van der Waals surface area (Å²) in [5.74, 6) is 2.15. The Morgan fingerprint density at radius 1 is 0.935 bits per heavy atom. The van der Waals surface area contributed by atoms with Gasteiger partial charge in [-0.2, -0.15) is 5.10 Å². The topological polar surface area (TPSA) is 84.3 Å². The van der Waals surface area contributed by atoms with Gasteiger partial charge in [0.1, 0.15) is 11.5 Å². The fourth-order valence-corrected chi connectivity index (χ4v) is 4.50. The van der Waals surface area contributed by atoms with Crippen LogP contribution in [-0.2, 0) is 4.79 Å². The molecule has 162 valence electrons. The van der Waals surface area contributed by atoms with Crippen LogP contribution in [0.25, 0.3) is 0 Å². The molecule has 0 spiro atoms. The van der Waals surface area contributed by atoms with Crippen LogP contribution in [0.1, 0.15) is 36.6 Å². The van der Waals surface area contributed by atoms with Crippen molar-refractivity contribution in [3.63, 3.8) is 0 Å². The molecule has 2 fully saturated rings. The Morgan fingerprint density at radius 3 is 2.10 bits per heavy atom. The molecule has 2 N–H and O–H groups in total. The van der Waals surface area contributed by atoms with Crippen LogP contribution >= 0.6 is 11.8 Å². The molecule has 0 aliphatic carbocycles. The minimum absolute atomic E-state index is 0.0328. The van der Waals surface area contributed by atoms with Crippen molar-refractivity contribution < 1.29 is 14.3 Å². The minimum Gasteiger partial charge on any atom is -0.497 e. The Hall–Kier alpha value is -2.84. The molecule has 2 aliphatic heterocycles. The number of ether oxygens (including phenoxy) is 2. The summed E-state index contributed by atoms with van der Waals surface area (Å²) in [7, 11) is 3.33. The van der Waals surface area contributed by atoms with E-state index in [4.69, 9.17) is 9.47 Å². The van der Waals surface area contributed by atoms with E-state index >= 15 is 0 Å². The van der Waals surface area contributed by atoms with Crippen molar-refractivity contribution in [3.8, 4) is 11.5 Å². The number of methoxy groups -OCH3 is 2. The van der Waals surface area contributed by atoms with Crippen molar-refractivity contribution >= 4 is 28.5 Å². The van der Waals surface area contributed by atoms with E-state index in [9.17, 15) is 4.79 Å². The molecule has 2 heterocycles. The predicted octanol–water partition coefficient (Wildman–Crippen LogP) is 3.69. The molecule has 0 saturated carbocycles. The van der Waals surface area contributed by atoms with Crippen molar-refractivity contribution in [3.05, 3.63) is 59.7 Å². The van der Waals surface area contributed by atoms with Crippen molar-refractivity contribution in [2.24, 2.45) is 16.1 Å². The molecule has 0 radical (unpaired) electrons. The van der Waals surface area contributed by atoms with Gasteiger partial charge in [0.2, 0.25) is 5.91 Å². The van der Waals surface area contributed by atoms with E-state index in [0.717, 1.165) is 34.8 Å². The number of hydrogen-bond acceptors (Lipinski definition) is 7. The molecule has 4 rings (SSSR count). The summed E-state index contributed by atoms with van der Waals surface area (Å²) >= 11 is 1.38. The van der Waals surface area contributed by atoms with E-state index in [-0.39, 0.29) is 23.9 Å². The van der Waals surface area contributed by atoms with Gasteiger partial charge in [-0.25, -0.2) is 0 Å². The monoisotopic (exact) mass is 438 g/mol. The Morgan fingerprint density at radius 2 is 1.55 bits per heavy atom. The summed E-state index contributed by atoms with van der Waals surface area (Å²) in [6, 6.07) is 16.4. The Balaban J connectivity index is 1.65. The molecule has 2 saturated heterocycles. The van der Waals surface area contributed by atoms with Gasteiger partial charge in [0.25, 0.3) is 0 Å². The van der Waals surface area contributed by atoms with Gasteiger partial charge in [0.05, 0.1) is 20.0 Å². The maximum Gasteiger partial charge on any atom is 0.236 e. The number of amidine groups is 1. The van der Waals surface area contributed by atoms with Crippen LogP contribution in [0.5, 0.6) is 11.5 Å². The first-order valence-corrected chi connectivity index (χ1v) is 11.2. The maximum absolute atomic E-state index is 11.5. The van der Waals surface area contributed by atoms with Crippen LogP contribution in [0.2, 0.25) is 0 Å². The fourth-order valence-electron chi connectivity index (χ4n) is 3.87. The van der Waals surface area contributed by atoms with Crippen LogP contribution < -0.4 is 20.1 Å². The molecule has 8 heteroatoms. The number of nitrogens with zero attached hydrogens (tertiary/aromatic N) is 2. The second-order valence-corrected chi connectivity index (χ2v) is 8.53. The molecule has 3 unspecified atom stereocenters. The van der Waals surface area contributed by atoms with Crippen molar-refractivity contribution in [2.45, 2.75) is 25.4 Å². The van der Waals surface area contributed by atoms with Crippen LogP contribution in [0.15, 0.2) is 58.7 Å². The van der Waals surface area contributed by atoms with Crippen molar-refractivity contribution in [2.75, 3.05) is 20.0 Å². The van der Waals surface area contributed by atoms with E-state index in [1.165, 1.54) is 11.8 Å². The van der Waals surface area contributed by atoms with Gasteiger partial charge in [-0.15, -0.1) is 5.10 Å². The number of nitrogens with one attached hydrogen (secondary N) is 2. The average Bonchev–Trinajstić information content (AvgIpc) is 3.23. The lowest BCUT2D eigenvalue weighted by molar-refractivity contribution is -0.116. The van der Waals surface area contributed by atoms with E-state index < -0.39 is 0 Å². The van der Waals surface area contributed by atoms with E-state index in [0.29, 0.717) is 10.9 Å². The third kappa shape index (κ3) is 4.91. The summed E-state index contributed by atoms with van der Waals surface area (Å²) in [6.45, 7) is 2.16. The zero-order valence-corrected chi connectivity index (χ0v) is 18.6. The van der Waals surface area contributed by atoms with Crippen LogP contribution in [-0.4, -0.2) is 36.8 Å². The lowest BCUT2D eigenvalue weighted by Crippen LogP contribution is -2.41. The summed E-state index contributed by atoms with van der Waals surface area (Å²) in [4.78, 5) is 11.5. The molecular formula is C23H26N4O3S. The van der Waals surface area contributed by atoms with E-state index in [2.05, 4.69) is 52.0 Å².